The highest BCUT2D eigenvalue weighted by Crippen LogP contribution is 2.21. The molecule has 1 aromatic carbocycles. The number of ether oxygens (including phenoxy) is 1. The number of nitrogens with zero attached hydrogens (tertiary/aromatic N) is 1. The second kappa shape index (κ2) is 6.89. The summed E-state index contributed by atoms with van der Waals surface area (Å²) in [5.41, 5.74) is 1.76. The van der Waals surface area contributed by atoms with E-state index in [1.807, 2.05) is 30.5 Å². The van der Waals surface area contributed by atoms with E-state index in [0.29, 0.717) is 6.61 Å². The van der Waals surface area contributed by atoms with Gasteiger partial charge < -0.3 is 9.84 Å². The lowest BCUT2D eigenvalue weighted by molar-refractivity contribution is 0.277. The fourth-order valence-electron chi connectivity index (χ4n) is 1.66. The molecule has 0 aliphatic rings. The van der Waals surface area contributed by atoms with Crippen LogP contribution in [0.2, 0.25) is 5.02 Å². The van der Waals surface area contributed by atoms with Gasteiger partial charge in [0, 0.05) is 16.8 Å². The van der Waals surface area contributed by atoms with Gasteiger partial charge in [0.05, 0.1) is 23.9 Å². The summed E-state index contributed by atoms with van der Waals surface area (Å²) in [5, 5.41) is 12.6. The lowest BCUT2D eigenvalue weighted by atomic mass is 10.2. The second-order valence-electron chi connectivity index (χ2n) is 4.25. The molecule has 5 heteroatoms. The van der Waals surface area contributed by atoms with E-state index in [9.17, 15) is 0 Å². The third-order valence-corrected chi connectivity index (χ3v) is 4.08. The average Bonchev–Trinajstić information content (AvgIpc) is 2.87. The number of hydrogen-bond acceptors (Lipinski definition) is 4. The van der Waals surface area contributed by atoms with Crippen molar-refractivity contribution in [2.24, 2.45) is 0 Å². The number of aliphatic hydroxyl groups is 1. The minimum absolute atomic E-state index is 0.0110. The zero-order valence-corrected chi connectivity index (χ0v) is 12.3. The van der Waals surface area contributed by atoms with Gasteiger partial charge in [-0.05, 0) is 37.1 Å². The molecule has 1 N–H and O–H groups in total. The van der Waals surface area contributed by atoms with Gasteiger partial charge >= 0.3 is 0 Å². The summed E-state index contributed by atoms with van der Waals surface area (Å²) in [5.74, 6) is 0.845. The van der Waals surface area contributed by atoms with Gasteiger partial charge in [-0.2, -0.15) is 0 Å². The first kappa shape index (κ1) is 14.3. The quantitative estimate of drug-likeness (QED) is 0.828. The molecule has 0 bridgehead atoms. The van der Waals surface area contributed by atoms with Crippen LogP contribution in [0.4, 0.5) is 0 Å². The van der Waals surface area contributed by atoms with Crippen LogP contribution in [0.5, 0.6) is 5.75 Å². The van der Waals surface area contributed by atoms with E-state index in [2.05, 4.69) is 4.98 Å². The molecule has 0 radical (unpaired) electrons. The molecule has 0 amide bonds. The van der Waals surface area contributed by atoms with Crippen molar-refractivity contribution in [1.29, 1.82) is 0 Å². The van der Waals surface area contributed by atoms with Crippen LogP contribution in [-0.4, -0.2) is 16.7 Å². The first-order chi connectivity index (χ1) is 9.19. The predicted molar refractivity (Wildman–Crippen MR) is 78.0 cm³/mol. The number of benzene rings is 1. The third kappa shape index (κ3) is 4.20. The SMILES string of the molecule is Cc1cc(OCCCc2nc(CO)cs2)ccc1Cl. The Hall–Kier alpha value is -1.10. The van der Waals surface area contributed by atoms with Crippen molar-refractivity contribution in [2.45, 2.75) is 26.4 Å². The molecular weight excluding hydrogens is 282 g/mol. The average molecular weight is 298 g/mol. The van der Waals surface area contributed by atoms with E-state index in [1.165, 1.54) is 0 Å². The normalized spacial score (nSPS) is 10.7. The fraction of sp³-hybridized carbons (Fsp3) is 0.357. The monoisotopic (exact) mass is 297 g/mol. The van der Waals surface area contributed by atoms with Crippen LogP contribution in [-0.2, 0) is 13.0 Å². The van der Waals surface area contributed by atoms with E-state index < -0.39 is 0 Å². The van der Waals surface area contributed by atoms with E-state index >= 15 is 0 Å². The molecule has 0 fully saturated rings. The number of hydrogen-bond donors (Lipinski definition) is 1. The summed E-state index contributed by atoms with van der Waals surface area (Å²) in [6.45, 7) is 2.62. The Morgan fingerprint density at radius 3 is 2.95 bits per heavy atom. The molecular formula is C14H16ClNO2S. The molecule has 0 spiro atoms. The molecule has 19 heavy (non-hydrogen) atoms. The summed E-state index contributed by atoms with van der Waals surface area (Å²) < 4.78 is 5.67. The van der Waals surface area contributed by atoms with Crippen molar-refractivity contribution in [2.75, 3.05) is 6.61 Å². The summed E-state index contributed by atoms with van der Waals surface area (Å²) in [4.78, 5) is 4.29. The standard InChI is InChI=1S/C14H16ClNO2S/c1-10-7-12(4-5-13(10)15)18-6-2-3-14-16-11(8-17)9-19-14/h4-5,7,9,17H,2-3,6,8H2,1H3. The molecule has 0 atom stereocenters. The summed E-state index contributed by atoms with van der Waals surface area (Å²) in [6, 6.07) is 5.67. The van der Waals surface area contributed by atoms with E-state index in [0.717, 1.165) is 39.9 Å². The van der Waals surface area contributed by atoms with Crippen LogP contribution >= 0.6 is 22.9 Å². The molecule has 1 heterocycles. The molecule has 2 rings (SSSR count). The van der Waals surface area contributed by atoms with E-state index in [1.54, 1.807) is 11.3 Å². The lowest BCUT2D eigenvalue weighted by Gasteiger charge is -2.07. The molecule has 2 aromatic rings. The zero-order valence-electron chi connectivity index (χ0n) is 10.7. The smallest absolute Gasteiger partial charge is 0.119 e. The molecule has 3 nitrogen and oxygen atoms in total. The van der Waals surface area contributed by atoms with Crippen LogP contribution in [0.3, 0.4) is 0 Å². The Kier molecular flexibility index (Phi) is 5.19. The Bertz CT molecular complexity index is 542. The van der Waals surface area contributed by atoms with Gasteiger partial charge in [-0.3, -0.25) is 0 Å². The van der Waals surface area contributed by atoms with Gasteiger partial charge in [-0.25, -0.2) is 4.98 Å². The minimum atomic E-state index is 0.0110. The fourth-order valence-corrected chi connectivity index (χ4v) is 2.61. The van der Waals surface area contributed by atoms with Gasteiger partial charge in [-0.1, -0.05) is 11.6 Å². The van der Waals surface area contributed by atoms with Gasteiger partial charge in [0.25, 0.3) is 0 Å². The molecule has 0 saturated heterocycles. The number of halogens is 1. The highest BCUT2D eigenvalue weighted by molar-refractivity contribution is 7.09. The number of rotatable bonds is 6. The Labute approximate surface area is 121 Å². The van der Waals surface area contributed by atoms with Crippen molar-refractivity contribution in [3.05, 3.63) is 44.9 Å². The van der Waals surface area contributed by atoms with Crippen LogP contribution in [0, 0.1) is 6.92 Å². The van der Waals surface area contributed by atoms with Crippen molar-refractivity contribution in [1.82, 2.24) is 4.98 Å². The maximum Gasteiger partial charge on any atom is 0.119 e. The van der Waals surface area contributed by atoms with Crippen LogP contribution in [0.25, 0.3) is 0 Å². The third-order valence-electron chi connectivity index (χ3n) is 2.69. The first-order valence-electron chi connectivity index (χ1n) is 6.12. The second-order valence-corrected chi connectivity index (χ2v) is 5.60. The summed E-state index contributed by atoms with van der Waals surface area (Å²) in [6.07, 6.45) is 1.78. The van der Waals surface area contributed by atoms with Gasteiger partial charge in [0.1, 0.15) is 5.75 Å². The van der Waals surface area contributed by atoms with Crippen molar-refractivity contribution in [3.8, 4) is 5.75 Å². The Morgan fingerprint density at radius 1 is 1.42 bits per heavy atom. The number of aliphatic hydroxyl groups excluding tert-OH is 1. The van der Waals surface area contributed by atoms with E-state index in [-0.39, 0.29) is 6.61 Å². The molecule has 0 saturated carbocycles. The maximum absolute atomic E-state index is 8.93. The summed E-state index contributed by atoms with van der Waals surface area (Å²) in [7, 11) is 0. The van der Waals surface area contributed by atoms with Crippen molar-refractivity contribution < 1.29 is 9.84 Å². The summed E-state index contributed by atoms with van der Waals surface area (Å²) >= 11 is 7.54. The maximum atomic E-state index is 8.93. The van der Waals surface area contributed by atoms with Crippen LogP contribution in [0.15, 0.2) is 23.6 Å². The van der Waals surface area contributed by atoms with Crippen LogP contribution < -0.4 is 4.74 Å². The molecule has 1 aromatic heterocycles. The largest absolute Gasteiger partial charge is 0.494 e. The minimum Gasteiger partial charge on any atom is -0.494 e. The van der Waals surface area contributed by atoms with Crippen molar-refractivity contribution >= 4 is 22.9 Å². The number of thiazole rings is 1. The van der Waals surface area contributed by atoms with Crippen molar-refractivity contribution in [3.63, 3.8) is 0 Å². The number of aromatic nitrogens is 1. The lowest BCUT2D eigenvalue weighted by Crippen LogP contribution is -1.99. The molecule has 0 aliphatic heterocycles. The van der Waals surface area contributed by atoms with Gasteiger partial charge in [0.2, 0.25) is 0 Å². The Balaban J connectivity index is 1.75. The highest BCUT2D eigenvalue weighted by atomic mass is 35.5. The molecule has 0 aliphatic carbocycles. The van der Waals surface area contributed by atoms with E-state index in [4.69, 9.17) is 21.4 Å². The topological polar surface area (TPSA) is 42.4 Å². The number of aryl methyl sites for hydroxylation is 2. The molecule has 102 valence electrons. The van der Waals surface area contributed by atoms with Gasteiger partial charge in [0.15, 0.2) is 0 Å². The van der Waals surface area contributed by atoms with Crippen LogP contribution in [0.1, 0.15) is 22.7 Å². The Morgan fingerprint density at radius 2 is 2.26 bits per heavy atom. The predicted octanol–water partition coefficient (Wildman–Crippen LogP) is 3.61. The highest BCUT2D eigenvalue weighted by Gasteiger charge is 2.02. The van der Waals surface area contributed by atoms with Gasteiger partial charge in [-0.15, -0.1) is 11.3 Å². The molecule has 0 unspecified atom stereocenters. The first-order valence-corrected chi connectivity index (χ1v) is 7.38. The zero-order chi connectivity index (χ0) is 13.7.